The van der Waals surface area contributed by atoms with Crippen molar-refractivity contribution in [1.29, 1.82) is 0 Å². The van der Waals surface area contributed by atoms with Crippen LogP contribution >= 0.6 is 11.6 Å². The summed E-state index contributed by atoms with van der Waals surface area (Å²) < 4.78 is 5.30. The predicted octanol–water partition coefficient (Wildman–Crippen LogP) is 2.75. The Balaban J connectivity index is 2.35. The molecular formula is C11H11ClO3. The summed E-state index contributed by atoms with van der Waals surface area (Å²) in [5.41, 5.74) is 0.143. The van der Waals surface area contributed by atoms with Crippen molar-refractivity contribution < 1.29 is 14.6 Å². The van der Waals surface area contributed by atoms with E-state index in [4.69, 9.17) is 21.4 Å². The number of benzene rings is 1. The standard InChI is InChI=1S/C11H11ClO3/c1-8(11(13)14)6-7-15-10-4-2-9(12)3-5-10/h2-5H,1,6-7H2,(H,13,14). The Morgan fingerprint density at radius 2 is 2.00 bits per heavy atom. The van der Waals surface area contributed by atoms with Gasteiger partial charge < -0.3 is 9.84 Å². The summed E-state index contributed by atoms with van der Waals surface area (Å²) in [5.74, 6) is -0.327. The van der Waals surface area contributed by atoms with Crippen LogP contribution in [-0.2, 0) is 4.79 Å². The van der Waals surface area contributed by atoms with E-state index in [2.05, 4.69) is 6.58 Å². The van der Waals surface area contributed by atoms with E-state index in [9.17, 15) is 4.79 Å². The maximum Gasteiger partial charge on any atom is 0.331 e. The Morgan fingerprint density at radius 3 is 2.53 bits per heavy atom. The van der Waals surface area contributed by atoms with Crippen LogP contribution in [0.3, 0.4) is 0 Å². The third kappa shape index (κ3) is 4.04. The highest BCUT2D eigenvalue weighted by atomic mass is 35.5. The van der Waals surface area contributed by atoms with E-state index in [1.54, 1.807) is 24.3 Å². The van der Waals surface area contributed by atoms with Crippen LogP contribution < -0.4 is 4.74 Å². The summed E-state index contributed by atoms with van der Waals surface area (Å²) in [4.78, 5) is 10.4. The summed E-state index contributed by atoms with van der Waals surface area (Å²) in [6.07, 6.45) is 0.304. The van der Waals surface area contributed by atoms with E-state index in [1.165, 1.54) is 0 Å². The molecule has 3 nitrogen and oxygen atoms in total. The number of halogens is 1. The van der Waals surface area contributed by atoms with Gasteiger partial charge in [0.05, 0.1) is 6.61 Å². The lowest BCUT2D eigenvalue weighted by Crippen LogP contribution is -2.05. The van der Waals surface area contributed by atoms with Crippen LogP contribution in [0, 0.1) is 0 Å². The molecule has 80 valence electrons. The molecule has 15 heavy (non-hydrogen) atoms. The van der Waals surface area contributed by atoms with Gasteiger partial charge in [-0.3, -0.25) is 0 Å². The van der Waals surface area contributed by atoms with Gasteiger partial charge in [-0.1, -0.05) is 18.2 Å². The molecule has 0 aliphatic heterocycles. The van der Waals surface area contributed by atoms with Crippen LogP contribution in [0.2, 0.25) is 5.02 Å². The molecule has 0 aliphatic rings. The molecule has 0 saturated carbocycles. The minimum atomic E-state index is -0.991. The van der Waals surface area contributed by atoms with Crippen molar-refractivity contribution in [1.82, 2.24) is 0 Å². The molecule has 1 rings (SSSR count). The van der Waals surface area contributed by atoms with Gasteiger partial charge in [-0.05, 0) is 24.3 Å². The first-order valence-corrected chi connectivity index (χ1v) is 4.77. The smallest absolute Gasteiger partial charge is 0.331 e. The zero-order valence-corrected chi connectivity index (χ0v) is 8.83. The quantitative estimate of drug-likeness (QED) is 0.786. The Bertz CT molecular complexity index is 357. The van der Waals surface area contributed by atoms with Crippen LogP contribution in [-0.4, -0.2) is 17.7 Å². The highest BCUT2D eigenvalue weighted by molar-refractivity contribution is 6.30. The molecule has 0 saturated heterocycles. The molecule has 4 heteroatoms. The third-order valence-corrected chi connectivity index (χ3v) is 2.04. The molecule has 0 amide bonds. The van der Waals surface area contributed by atoms with Crippen molar-refractivity contribution in [2.75, 3.05) is 6.61 Å². The molecule has 0 spiro atoms. The van der Waals surface area contributed by atoms with Gasteiger partial charge in [0.2, 0.25) is 0 Å². The maximum absolute atomic E-state index is 10.4. The zero-order valence-electron chi connectivity index (χ0n) is 8.07. The number of aliphatic carboxylic acids is 1. The first-order valence-electron chi connectivity index (χ1n) is 4.39. The molecule has 1 aromatic rings. The van der Waals surface area contributed by atoms with Gasteiger partial charge in [0, 0.05) is 17.0 Å². The second kappa shape index (κ2) is 5.41. The number of carboxylic acid groups (broad SMARTS) is 1. The second-order valence-corrected chi connectivity index (χ2v) is 3.40. The SMILES string of the molecule is C=C(CCOc1ccc(Cl)cc1)C(=O)O. The Labute approximate surface area is 92.9 Å². The molecule has 0 aliphatic carbocycles. The topological polar surface area (TPSA) is 46.5 Å². The number of rotatable bonds is 5. The fraction of sp³-hybridized carbons (Fsp3) is 0.182. The van der Waals surface area contributed by atoms with Gasteiger partial charge >= 0.3 is 5.97 Å². The monoisotopic (exact) mass is 226 g/mol. The van der Waals surface area contributed by atoms with E-state index >= 15 is 0 Å². The average molecular weight is 227 g/mol. The summed E-state index contributed by atoms with van der Waals surface area (Å²) in [6, 6.07) is 6.88. The minimum Gasteiger partial charge on any atom is -0.493 e. The molecule has 0 heterocycles. The first kappa shape index (κ1) is 11.6. The number of hydrogen-bond acceptors (Lipinski definition) is 2. The number of carboxylic acids is 1. The van der Waals surface area contributed by atoms with E-state index in [0.717, 1.165) is 0 Å². The fourth-order valence-corrected chi connectivity index (χ4v) is 1.06. The lowest BCUT2D eigenvalue weighted by atomic mass is 10.2. The van der Waals surface area contributed by atoms with Gasteiger partial charge in [-0.25, -0.2) is 4.79 Å². The van der Waals surface area contributed by atoms with Crippen molar-refractivity contribution in [3.63, 3.8) is 0 Å². The van der Waals surface area contributed by atoms with Crippen molar-refractivity contribution >= 4 is 17.6 Å². The number of hydrogen-bond donors (Lipinski definition) is 1. The molecule has 0 bridgehead atoms. The Kier molecular flexibility index (Phi) is 4.18. The lowest BCUT2D eigenvalue weighted by Gasteiger charge is -2.05. The highest BCUT2D eigenvalue weighted by Crippen LogP contribution is 2.15. The predicted molar refractivity (Wildman–Crippen MR) is 58.3 cm³/mol. The summed E-state index contributed by atoms with van der Waals surface area (Å²) >= 11 is 5.69. The van der Waals surface area contributed by atoms with Crippen LogP contribution in [0.25, 0.3) is 0 Å². The summed E-state index contributed by atoms with van der Waals surface area (Å²) in [6.45, 7) is 3.70. The van der Waals surface area contributed by atoms with Gasteiger partial charge in [0.25, 0.3) is 0 Å². The van der Waals surface area contributed by atoms with Crippen molar-refractivity contribution in [2.45, 2.75) is 6.42 Å². The van der Waals surface area contributed by atoms with Gasteiger partial charge in [0.1, 0.15) is 5.75 Å². The zero-order chi connectivity index (χ0) is 11.3. The van der Waals surface area contributed by atoms with E-state index < -0.39 is 5.97 Å². The Morgan fingerprint density at radius 1 is 1.40 bits per heavy atom. The molecule has 1 aromatic carbocycles. The van der Waals surface area contributed by atoms with E-state index in [1.807, 2.05) is 0 Å². The highest BCUT2D eigenvalue weighted by Gasteiger charge is 2.03. The number of ether oxygens (including phenoxy) is 1. The van der Waals surface area contributed by atoms with Gasteiger partial charge in [0.15, 0.2) is 0 Å². The molecule has 1 N–H and O–H groups in total. The summed E-state index contributed by atoms with van der Waals surface area (Å²) in [7, 11) is 0. The average Bonchev–Trinajstić information content (AvgIpc) is 2.20. The normalized spacial score (nSPS) is 9.67. The van der Waals surface area contributed by atoms with E-state index in [0.29, 0.717) is 23.8 Å². The third-order valence-electron chi connectivity index (χ3n) is 1.79. The molecule has 0 unspecified atom stereocenters. The van der Waals surface area contributed by atoms with Crippen LogP contribution in [0.15, 0.2) is 36.4 Å². The molecule has 0 aromatic heterocycles. The van der Waals surface area contributed by atoms with E-state index in [-0.39, 0.29) is 5.57 Å². The molecule has 0 fully saturated rings. The minimum absolute atomic E-state index is 0.143. The first-order chi connectivity index (χ1) is 7.09. The van der Waals surface area contributed by atoms with Crippen molar-refractivity contribution in [3.05, 3.63) is 41.4 Å². The number of carbonyl (C=O) groups is 1. The second-order valence-electron chi connectivity index (χ2n) is 2.96. The molecule has 0 atom stereocenters. The maximum atomic E-state index is 10.4. The lowest BCUT2D eigenvalue weighted by molar-refractivity contribution is -0.132. The van der Waals surface area contributed by atoms with Crippen LogP contribution in [0.1, 0.15) is 6.42 Å². The summed E-state index contributed by atoms with van der Waals surface area (Å²) in [5, 5.41) is 9.18. The molecular weight excluding hydrogens is 216 g/mol. The Hall–Kier alpha value is -1.48. The van der Waals surface area contributed by atoms with Crippen LogP contribution in [0.5, 0.6) is 5.75 Å². The molecule has 0 radical (unpaired) electrons. The van der Waals surface area contributed by atoms with Gasteiger partial charge in [-0.15, -0.1) is 0 Å². The van der Waals surface area contributed by atoms with Crippen LogP contribution in [0.4, 0.5) is 0 Å². The van der Waals surface area contributed by atoms with Crippen molar-refractivity contribution in [3.8, 4) is 5.75 Å². The largest absolute Gasteiger partial charge is 0.493 e. The van der Waals surface area contributed by atoms with Crippen molar-refractivity contribution in [2.24, 2.45) is 0 Å². The fourth-order valence-electron chi connectivity index (χ4n) is 0.930. The van der Waals surface area contributed by atoms with Gasteiger partial charge in [-0.2, -0.15) is 0 Å².